The highest BCUT2D eigenvalue weighted by atomic mass is 16.2. The van der Waals surface area contributed by atoms with E-state index in [0.717, 1.165) is 16.8 Å². The summed E-state index contributed by atoms with van der Waals surface area (Å²) in [5.74, 6) is -0.360. The SMILES string of the molecule is Cc1cccc(C)c1NC(=O)CN(C)C(=O)[C@H]1CC(=O)N(CC(C)C)C1. The Kier molecular flexibility index (Phi) is 6.40. The number of nitrogens with zero attached hydrogens (tertiary/aromatic N) is 2. The lowest BCUT2D eigenvalue weighted by Gasteiger charge is -2.22. The predicted octanol–water partition coefficient (Wildman–Crippen LogP) is 2.20. The van der Waals surface area contributed by atoms with Gasteiger partial charge in [-0.2, -0.15) is 0 Å². The fraction of sp³-hybridized carbons (Fsp3) is 0.550. The third-order valence-corrected chi connectivity index (χ3v) is 4.65. The van der Waals surface area contributed by atoms with Crippen molar-refractivity contribution < 1.29 is 14.4 Å². The number of hydrogen-bond donors (Lipinski definition) is 1. The molecule has 1 fully saturated rings. The van der Waals surface area contributed by atoms with Crippen LogP contribution in [0.5, 0.6) is 0 Å². The highest BCUT2D eigenvalue weighted by Crippen LogP contribution is 2.22. The molecule has 26 heavy (non-hydrogen) atoms. The zero-order valence-corrected chi connectivity index (χ0v) is 16.3. The minimum atomic E-state index is -0.362. The van der Waals surface area contributed by atoms with E-state index >= 15 is 0 Å². The average molecular weight is 359 g/mol. The van der Waals surface area contributed by atoms with Crippen LogP contribution in [0.4, 0.5) is 5.69 Å². The highest BCUT2D eigenvalue weighted by molar-refractivity contribution is 5.97. The molecule has 0 spiro atoms. The number of nitrogens with one attached hydrogen (secondary N) is 1. The summed E-state index contributed by atoms with van der Waals surface area (Å²) in [4.78, 5) is 40.2. The van der Waals surface area contributed by atoms with Crippen molar-refractivity contribution in [1.29, 1.82) is 0 Å². The lowest BCUT2D eigenvalue weighted by molar-refractivity contribution is -0.137. The second-order valence-corrected chi connectivity index (χ2v) is 7.60. The van der Waals surface area contributed by atoms with Gasteiger partial charge in [0.15, 0.2) is 0 Å². The largest absolute Gasteiger partial charge is 0.342 e. The lowest BCUT2D eigenvalue weighted by atomic mass is 10.1. The van der Waals surface area contributed by atoms with E-state index in [4.69, 9.17) is 0 Å². The molecule has 1 aromatic carbocycles. The van der Waals surface area contributed by atoms with Gasteiger partial charge >= 0.3 is 0 Å². The molecule has 1 heterocycles. The quantitative estimate of drug-likeness (QED) is 0.847. The number of benzene rings is 1. The molecule has 6 nitrogen and oxygen atoms in total. The zero-order chi connectivity index (χ0) is 19.4. The molecule has 0 radical (unpaired) electrons. The standard InChI is InChI=1S/C20H29N3O3/c1-13(2)10-23-11-16(9-18(23)25)20(26)22(5)12-17(24)21-19-14(3)7-6-8-15(19)4/h6-8,13,16H,9-12H2,1-5H3,(H,21,24)/t16-/m0/s1. The molecule has 0 aromatic heterocycles. The number of carbonyl (C=O) groups excluding carboxylic acids is 3. The van der Waals surface area contributed by atoms with E-state index in [1.807, 2.05) is 45.9 Å². The summed E-state index contributed by atoms with van der Waals surface area (Å²) in [5, 5.41) is 2.89. The molecular weight excluding hydrogens is 330 g/mol. The van der Waals surface area contributed by atoms with Gasteiger partial charge in [-0.3, -0.25) is 14.4 Å². The van der Waals surface area contributed by atoms with E-state index in [1.165, 1.54) is 4.90 Å². The molecule has 0 aliphatic carbocycles. The van der Waals surface area contributed by atoms with Crippen LogP contribution in [-0.2, 0) is 14.4 Å². The Morgan fingerprint density at radius 3 is 2.46 bits per heavy atom. The van der Waals surface area contributed by atoms with Gasteiger partial charge in [0, 0.05) is 32.2 Å². The number of aryl methyl sites for hydroxylation is 2. The van der Waals surface area contributed by atoms with Gasteiger partial charge in [-0.25, -0.2) is 0 Å². The first-order valence-electron chi connectivity index (χ1n) is 9.07. The Morgan fingerprint density at radius 2 is 1.88 bits per heavy atom. The van der Waals surface area contributed by atoms with Crippen LogP contribution in [0.1, 0.15) is 31.4 Å². The van der Waals surface area contributed by atoms with Gasteiger partial charge in [0.1, 0.15) is 0 Å². The number of likely N-dealkylation sites (N-methyl/N-ethyl adjacent to an activating group) is 1. The topological polar surface area (TPSA) is 69.7 Å². The molecule has 1 N–H and O–H groups in total. The molecule has 1 atom stereocenters. The zero-order valence-electron chi connectivity index (χ0n) is 16.3. The van der Waals surface area contributed by atoms with Gasteiger partial charge in [-0.05, 0) is 30.9 Å². The summed E-state index contributed by atoms with van der Waals surface area (Å²) >= 11 is 0. The van der Waals surface area contributed by atoms with Gasteiger partial charge in [-0.1, -0.05) is 32.0 Å². The monoisotopic (exact) mass is 359 g/mol. The van der Waals surface area contributed by atoms with Crippen LogP contribution in [0.3, 0.4) is 0 Å². The highest BCUT2D eigenvalue weighted by Gasteiger charge is 2.36. The molecule has 0 unspecified atom stereocenters. The van der Waals surface area contributed by atoms with Crippen molar-refractivity contribution in [3.05, 3.63) is 29.3 Å². The van der Waals surface area contributed by atoms with Crippen LogP contribution in [0.2, 0.25) is 0 Å². The van der Waals surface area contributed by atoms with Crippen molar-refractivity contribution in [3.8, 4) is 0 Å². The minimum Gasteiger partial charge on any atom is -0.342 e. The Bertz CT molecular complexity index is 679. The van der Waals surface area contributed by atoms with Gasteiger partial charge in [-0.15, -0.1) is 0 Å². The minimum absolute atomic E-state index is 0.0189. The molecule has 3 amide bonds. The van der Waals surface area contributed by atoms with E-state index < -0.39 is 0 Å². The van der Waals surface area contributed by atoms with Gasteiger partial charge in [0.25, 0.3) is 0 Å². The second-order valence-electron chi connectivity index (χ2n) is 7.60. The maximum Gasteiger partial charge on any atom is 0.243 e. The number of hydrogen-bond acceptors (Lipinski definition) is 3. The van der Waals surface area contributed by atoms with Gasteiger partial charge in [0.2, 0.25) is 17.7 Å². The summed E-state index contributed by atoms with van der Waals surface area (Å²) in [7, 11) is 1.61. The first-order chi connectivity index (χ1) is 12.2. The van der Waals surface area contributed by atoms with E-state index in [9.17, 15) is 14.4 Å². The molecule has 1 aromatic rings. The first kappa shape index (κ1) is 19.9. The number of rotatable bonds is 6. The Labute approximate surface area is 155 Å². The molecule has 1 aliphatic heterocycles. The first-order valence-corrected chi connectivity index (χ1v) is 9.07. The summed E-state index contributed by atoms with van der Waals surface area (Å²) in [6.07, 6.45) is 0.231. The van der Waals surface area contributed by atoms with Crippen LogP contribution in [-0.4, -0.2) is 54.2 Å². The number of amides is 3. The van der Waals surface area contributed by atoms with E-state index in [1.54, 1.807) is 11.9 Å². The average Bonchev–Trinajstić information content (AvgIpc) is 2.90. The molecule has 1 aliphatic rings. The molecule has 2 rings (SSSR count). The van der Waals surface area contributed by atoms with Crippen LogP contribution in [0, 0.1) is 25.7 Å². The summed E-state index contributed by atoms with van der Waals surface area (Å²) < 4.78 is 0. The molecule has 1 saturated heterocycles. The van der Waals surface area contributed by atoms with Crippen molar-refractivity contribution in [1.82, 2.24) is 9.80 Å². The van der Waals surface area contributed by atoms with Gasteiger partial charge < -0.3 is 15.1 Å². The van der Waals surface area contributed by atoms with E-state index in [2.05, 4.69) is 5.32 Å². The van der Waals surface area contributed by atoms with Crippen molar-refractivity contribution in [2.45, 2.75) is 34.1 Å². The Morgan fingerprint density at radius 1 is 1.27 bits per heavy atom. The maximum absolute atomic E-state index is 12.6. The summed E-state index contributed by atoms with van der Waals surface area (Å²) in [6.45, 7) is 9.05. The third-order valence-electron chi connectivity index (χ3n) is 4.65. The second kappa shape index (κ2) is 8.34. The molecule has 0 bridgehead atoms. The van der Waals surface area contributed by atoms with Crippen molar-refractivity contribution >= 4 is 23.4 Å². The normalized spacial score (nSPS) is 16.9. The molecular formula is C20H29N3O3. The van der Waals surface area contributed by atoms with Crippen molar-refractivity contribution in [2.75, 3.05) is 32.0 Å². The fourth-order valence-electron chi connectivity index (χ4n) is 3.35. The Hall–Kier alpha value is -2.37. The van der Waals surface area contributed by atoms with E-state index in [0.29, 0.717) is 19.0 Å². The fourth-order valence-corrected chi connectivity index (χ4v) is 3.35. The number of carbonyl (C=O) groups is 3. The van der Waals surface area contributed by atoms with Gasteiger partial charge in [0.05, 0.1) is 12.5 Å². The Balaban J connectivity index is 1.93. The number of anilines is 1. The summed E-state index contributed by atoms with van der Waals surface area (Å²) in [6, 6.07) is 5.81. The van der Waals surface area contributed by atoms with Crippen LogP contribution >= 0.6 is 0 Å². The third kappa shape index (κ3) is 4.84. The molecule has 6 heteroatoms. The smallest absolute Gasteiger partial charge is 0.243 e. The number of para-hydroxylation sites is 1. The van der Waals surface area contributed by atoms with Crippen LogP contribution in [0.15, 0.2) is 18.2 Å². The molecule has 142 valence electrons. The van der Waals surface area contributed by atoms with Crippen LogP contribution in [0.25, 0.3) is 0 Å². The predicted molar refractivity (Wildman–Crippen MR) is 102 cm³/mol. The summed E-state index contributed by atoms with van der Waals surface area (Å²) in [5.41, 5.74) is 2.76. The molecule has 0 saturated carbocycles. The van der Waals surface area contributed by atoms with Crippen molar-refractivity contribution in [3.63, 3.8) is 0 Å². The number of likely N-dealkylation sites (tertiary alicyclic amines) is 1. The van der Waals surface area contributed by atoms with Crippen molar-refractivity contribution in [2.24, 2.45) is 11.8 Å². The van der Waals surface area contributed by atoms with Crippen LogP contribution < -0.4 is 5.32 Å². The van der Waals surface area contributed by atoms with E-state index in [-0.39, 0.29) is 36.6 Å². The lowest BCUT2D eigenvalue weighted by Crippen LogP contribution is -2.39. The maximum atomic E-state index is 12.6.